The zero-order chi connectivity index (χ0) is 8.53. The van der Waals surface area contributed by atoms with E-state index in [2.05, 4.69) is 5.32 Å². The van der Waals surface area contributed by atoms with E-state index in [0.29, 0.717) is 6.54 Å². The second-order valence-electron chi connectivity index (χ2n) is 2.14. The van der Waals surface area contributed by atoms with Crippen LogP contribution < -0.4 is 5.32 Å². The van der Waals surface area contributed by atoms with E-state index in [-0.39, 0.29) is 9.76 Å². The Balaban J connectivity index is 2.85. The van der Waals surface area contributed by atoms with Crippen molar-refractivity contribution in [1.82, 2.24) is 5.32 Å². The Labute approximate surface area is 68.9 Å². The van der Waals surface area contributed by atoms with Gasteiger partial charge in [0.25, 0.3) is 0 Å². The summed E-state index contributed by atoms with van der Waals surface area (Å²) in [6.07, 6.45) is -0.0403. The van der Waals surface area contributed by atoms with Crippen molar-refractivity contribution >= 4 is 15.9 Å². The zero-order valence-corrected chi connectivity index (χ0v) is 8.21. The third kappa shape index (κ3) is 9.45. The summed E-state index contributed by atoms with van der Waals surface area (Å²) >= 11 is 0. The quantitative estimate of drug-likeness (QED) is 0.449. The number of hydrogen-bond acceptors (Lipinski definition) is 2. The third-order valence-corrected chi connectivity index (χ3v) is 2.68. The van der Waals surface area contributed by atoms with Crippen LogP contribution in [0.15, 0.2) is 0 Å². The normalized spacial score (nSPS) is 10.6. The van der Waals surface area contributed by atoms with E-state index in [1.807, 2.05) is 6.92 Å². The highest BCUT2D eigenvalue weighted by Crippen LogP contribution is 1.86. The standard InChI is InChI=1S/C6H15NO3Si/c1-2-10-11-5-3-4-7-6(8)9/h7H,2-5,11H2,1H3,(H,8,9). The summed E-state index contributed by atoms with van der Waals surface area (Å²) in [6.45, 7) is 3.32. The molecule has 0 aromatic rings. The van der Waals surface area contributed by atoms with Gasteiger partial charge in [-0.3, -0.25) is 0 Å². The Bertz CT molecular complexity index is 110. The van der Waals surface area contributed by atoms with Crippen LogP contribution in [0.2, 0.25) is 6.04 Å². The molecule has 0 radical (unpaired) electrons. The first-order valence-corrected chi connectivity index (χ1v) is 5.39. The lowest BCUT2D eigenvalue weighted by atomic mass is 10.5. The van der Waals surface area contributed by atoms with Crippen LogP contribution in [0.25, 0.3) is 0 Å². The number of amides is 1. The molecule has 4 nitrogen and oxygen atoms in total. The van der Waals surface area contributed by atoms with Crippen molar-refractivity contribution in [3.05, 3.63) is 0 Å². The maximum absolute atomic E-state index is 9.96. The fraction of sp³-hybridized carbons (Fsp3) is 0.833. The largest absolute Gasteiger partial charge is 0.465 e. The van der Waals surface area contributed by atoms with Gasteiger partial charge in [-0.15, -0.1) is 0 Å². The van der Waals surface area contributed by atoms with Crippen molar-refractivity contribution < 1.29 is 14.3 Å². The van der Waals surface area contributed by atoms with Crippen molar-refractivity contribution in [1.29, 1.82) is 0 Å². The number of hydrogen-bond donors (Lipinski definition) is 2. The van der Waals surface area contributed by atoms with Crippen LogP contribution in [0, 0.1) is 0 Å². The molecule has 0 rings (SSSR count). The zero-order valence-electron chi connectivity index (χ0n) is 6.80. The van der Waals surface area contributed by atoms with Gasteiger partial charge in [0.15, 0.2) is 9.76 Å². The first-order chi connectivity index (χ1) is 5.27. The van der Waals surface area contributed by atoms with Gasteiger partial charge in [-0.25, -0.2) is 4.79 Å². The van der Waals surface area contributed by atoms with Gasteiger partial charge in [-0.05, 0) is 19.4 Å². The summed E-state index contributed by atoms with van der Waals surface area (Å²) in [4.78, 5) is 9.96. The minimum absolute atomic E-state index is 0.367. The van der Waals surface area contributed by atoms with Crippen LogP contribution in [-0.2, 0) is 4.43 Å². The molecule has 5 heteroatoms. The molecular weight excluding hydrogens is 162 g/mol. The van der Waals surface area contributed by atoms with Crippen LogP contribution in [0.3, 0.4) is 0 Å². The second kappa shape index (κ2) is 7.55. The molecule has 0 aliphatic rings. The lowest BCUT2D eigenvalue weighted by Crippen LogP contribution is -2.22. The molecule has 1 amide bonds. The molecule has 0 aromatic heterocycles. The molecule has 0 aromatic carbocycles. The average Bonchev–Trinajstić information content (AvgIpc) is 1.96. The van der Waals surface area contributed by atoms with Crippen LogP contribution in [-0.4, -0.2) is 34.1 Å². The van der Waals surface area contributed by atoms with Crippen molar-refractivity contribution in [3.8, 4) is 0 Å². The molecular formula is C6H15NO3Si. The lowest BCUT2D eigenvalue weighted by Gasteiger charge is -2.00. The van der Waals surface area contributed by atoms with E-state index in [4.69, 9.17) is 9.53 Å². The fourth-order valence-corrected chi connectivity index (χ4v) is 1.62. The van der Waals surface area contributed by atoms with Crippen molar-refractivity contribution in [3.63, 3.8) is 0 Å². The Hall–Kier alpha value is -0.553. The predicted octanol–water partition coefficient (Wildman–Crippen LogP) is 0.183. The van der Waals surface area contributed by atoms with E-state index < -0.39 is 6.09 Å². The highest BCUT2D eigenvalue weighted by molar-refractivity contribution is 6.26. The van der Waals surface area contributed by atoms with Gasteiger partial charge in [-0.2, -0.15) is 0 Å². The minimum atomic E-state index is -0.942. The molecule has 0 aliphatic heterocycles. The van der Waals surface area contributed by atoms with Crippen molar-refractivity contribution in [2.45, 2.75) is 19.4 Å². The van der Waals surface area contributed by atoms with Crippen LogP contribution >= 0.6 is 0 Å². The number of nitrogens with one attached hydrogen (secondary N) is 1. The molecule has 0 fully saturated rings. The Morgan fingerprint density at radius 2 is 2.45 bits per heavy atom. The molecule has 2 N–H and O–H groups in total. The first-order valence-electron chi connectivity index (χ1n) is 3.82. The van der Waals surface area contributed by atoms with Crippen molar-refractivity contribution in [2.75, 3.05) is 13.2 Å². The first kappa shape index (κ1) is 10.4. The summed E-state index contributed by atoms with van der Waals surface area (Å²) in [5, 5.41) is 10.5. The molecule has 0 saturated heterocycles. The molecule has 0 heterocycles. The lowest BCUT2D eigenvalue weighted by molar-refractivity contribution is 0.194. The summed E-state index contributed by atoms with van der Waals surface area (Å²) < 4.78 is 5.20. The molecule has 0 aliphatic carbocycles. The van der Waals surface area contributed by atoms with Gasteiger partial charge in [0, 0.05) is 13.2 Å². The number of carbonyl (C=O) groups is 1. The maximum Gasteiger partial charge on any atom is 0.404 e. The van der Waals surface area contributed by atoms with Crippen LogP contribution in [0.1, 0.15) is 13.3 Å². The predicted molar refractivity (Wildman–Crippen MR) is 45.6 cm³/mol. The molecule has 0 bridgehead atoms. The van der Waals surface area contributed by atoms with Gasteiger partial charge in [0.1, 0.15) is 0 Å². The van der Waals surface area contributed by atoms with E-state index in [0.717, 1.165) is 19.1 Å². The highest BCUT2D eigenvalue weighted by atomic mass is 28.2. The Morgan fingerprint density at radius 1 is 1.73 bits per heavy atom. The van der Waals surface area contributed by atoms with E-state index in [1.54, 1.807) is 0 Å². The van der Waals surface area contributed by atoms with E-state index in [9.17, 15) is 4.79 Å². The minimum Gasteiger partial charge on any atom is -0.465 e. The molecule has 0 atom stereocenters. The smallest absolute Gasteiger partial charge is 0.404 e. The molecule has 66 valence electrons. The Kier molecular flexibility index (Phi) is 7.17. The average molecular weight is 177 g/mol. The topological polar surface area (TPSA) is 58.6 Å². The molecule has 0 unspecified atom stereocenters. The number of rotatable bonds is 6. The molecule has 0 saturated carbocycles. The summed E-state index contributed by atoms with van der Waals surface area (Å²) in [5.74, 6) is 0. The fourth-order valence-electron chi connectivity index (χ4n) is 0.669. The van der Waals surface area contributed by atoms with E-state index in [1.165, 1.54) is 0 Å². The summed E-state index contributed by atoms with van der Waals surface area (Å²) in [5.41, 5.74) is 0. The summed E-state index contributed by atoms with van der Waals surface area (Å²) in [7, 11) is -0.367. The van der Waals surface area contributed by atoms with Gasteiger partial charge < -0.3 is 14.8 Å². The molecule has 0 spiro atoms. The Morgan fingerprint density at radius 3 is 3.00 bits per heavy atom. The van der Waals surface area contributed by atoms with E-state index >= 15 is 0 Å². The SMILES string of the molecule is CCO[SiH2]CCCNC(=O)O. The highest BCUT2D eigenvalue weighted by Gasteiger charge is 1.93. The van der Waals surface area contributed by atoms with Crippen LogP contribution in [0.4, 0.5) is 4.79 Å². The van der Waals surface area contributed by atoms with Gasteiger partial charge in [0.2, 0.25) is 0 Å². The monoisotopic (exact) mass is 177 g/mol. The second-order valence-corrected chi connectivity index (χ2v) is 3.66. The van der Waals surface area contributed by atoms with Gasteiger partial charge >= 0.3 is 6.09 Å². The maximum atomic E-state index is 9.96. The van der Waals surface area contributed by atoms with Gasteiger partial charge in [0.05, 0.1) is 0 Å². The van der Waals surface area contributed by atoms with Crippen LogP contribution in [0.5, 0.6) is 0 Å². The molecule has 11 heavy (non-hydrogen) atoms. The van der Waals surface area contributed by atoms with Gasteiger partial charge in [-0.1, -0.05) is 0 Å². The third-order valence-electron chi connectivity index (χ3n) is 1.20. The summed E-state index contributed by atoms with van der Waals surface area (Å²) in [6, 6.07) is 1.05. The van der Waals surface area contributed by atoms with Crippen molar-refractivity contribution in [2.24, 2.45) is 0 Å². The number of carboxylic acid groups (broad SMARTS) is 1.